The summed E-state index contributed by atoms with van der Waals surface area (Å²) in [7, 11) is 1.71. The molecule has 1 spiro atoms. The lowest BCUT2D eigenvalue weighted by molar-refractivity contribution is -0.124. The maximum Gasteiger partial charge on any atom is 0.332 e. The van der Waals surface area contributed by atoms with E-state index >= 15 is 0 Å². The van der Waals surface area contributed by atoms with E-state index in [2.05, 4.69) is 28.1 Å². The second kappa shape index (κ2) is 8.94. The van der Waals surface area contributed by atoms with Crippen LogP contribution in [0.3, 0.4) is 0 Å². The number of aromatic nitrogens is 1. The Bertz CT molecular complexity index is 1290. The summed E-state index contributed by atoms with van der Waals surface area (Å²) < 4.78 is 0. The van der Waals surface area contributed by atoms with E-state index in [0.717, 1.165) is 22.3 Å². The number of pyridine rings is 1. The molecule has 2 aromatic carbocycles. The average Bonchev–Trinajstić information content (AvgIpc) is 3.26. The van der Waals surface area contributed by atoms with Gasteiger partial charge in [0, 0.05) is 55.0 Å². The van der Waals surface area contributed by atoms with Gasteiger partial charge in [-0.1, -0.05) is 59.1 Å². The van der Waals surface area contributed by atoms with Gasteiger partial charge in [0.05, 0.1) is 5.69 Å². The number of amides is 3. The highest BCUT2D eigenvalue weighted by Crippen LogP contribution is 2.47. The van der Waals surface area contributed by atoms with Crippen molar-refractivity contribution in [2.24, 2.45) is 0 Å². The van der Waals surface area contributed by atoms with Gasteiger partial charge in [-0.15, -0.1) is 0 Å². The van der Waals surface area contributed by atoms with Gasteiger partial charge in [-0.25, -0.2) is 9.69 Å². The Hall–Kier alpha value is -2.93. The number of urea groups is 1. The van der Waals surface area contributed by atoms with Crippen LogP contribution in [0.1, 0.15) is 28.2 Å². The molecule has 0 bridgehead atoms. The third kappa shape index (κ3) is 4.10. The lowest BCUT2D eigenvalue weighted by Crippen LogP contribution is -2.53. The number of benzene rings is 2. The van der Waals surface area contributed by atoms with Crippen LogP contribution in [0.25, 0.3) is 0 Å². The van der Waals surface area contributed by atoms with Crippen molar-refractivity contribution in [3.8, 4) is 0 Å². The maximum atomic E-state index is 14.2. The maximum absolute atomic E-state index is 14.2. The number of hydrogen-bond donors (Lipinski definition) is 0. The highest BCUT2D eigenvalue weighted by atomic mass is 35.5. The lowest BCUT2D eigenvalue weighted by atomic mass is 9.80. The largest absolute Gasteiger partial charge is 0.332 e. The number of likely N-dealkylation sites (tertiary alicyclic amines) is 1. The summed E-state index contributed by atoms with van der Waals surface area (Å²) >= 11 is 12.4. The number of halogens is 2. The number of hydrogen-bond acceptors (Lipinski definition) is 4. The van der Waals surface area contributed by atoms with Crippen molar-refractivity contribution in [2.75, 3.05) is 25.0 Å². The highest BCUT2D eigenvalue weighted by Gasteiger charge is 2.64. The number of likely N-dealkylation sites (N-methyl/N-ethyl adjacent to an activating group) is 1. The Balaban J connectivity index is 1.58. The first-order valence-corrected chi connectivity index (χ1v) is 12.2. The van der Waals surface area contributed by atoms with Crippen LogP contribution < -0.4 is 4.90 Å². The first kappa shape index (κ1) is 23.8. The molecule has 6 nitrogen and oxygen atoms in total. The molecule has 5 rings (SSSR count). The van der Waals surface area contributed by atoms with Crippen molar-refractivity contribution in [2.45, 2.75) is 31.8 Å². The van der Waals surface area contributed by atoms with Gasteiger partial charge in [0.2, 0.25) is 0 Å². The molecule has 2 aliphatic rings. The second-order valence-electron chi connectivity index (χ2n) is 9.54. The van der Waals surface area contributed by atoms with E-state index in [0.29, 0.717) is 35.4 Å². The number of anilines is 1. The van der Waals surface area contributed by atoms with E-state index in [-0.39, 0.29) is 17.9 Å². The van der Waals surface area contributed by atoms with E-state index in [1.54, 1.807) is 30.1 Å². The van der Waals surface area contributed by atoms with Crippen molar-refractivity contribution < 1.29 is 9.59 Å². The molecule has 1 aromatic heterocycles. The zero-order chi connectivity index (χ0) is 24.9. The molecule has 0 unspecified atom stereocenters. The Morgan fingerprint density at radius 2 is 1.66 bits per heavy atom. The first-order chi connectivity index (χ1) is 16.7. The van der Waals surface area contributed by atoms with E-state index in [9.17, 15) is 9.59 Å². The monoisotopic (exact) mass is 508 g/mol. The molecule has 0 aliphatic carbocycles. The topological polar surface area (TPSA) is 56.8 Å². The standard InChI is InChI=1S/C27H26Cl2N4O2/c1-17-4-6-20(7-5-17)24-15-32(14-19-8-18(2)12-30-13-19)16-27(24)25(34)33(26(35)31(27)3)23-10-21(28)9-22(29)11-23/h4-13,24H,14-16H2,1-3H3/t24-,27+/m0/s1. The number of carbonyl (C=O) groups is 2. The molecule has 35 heavy (non-hydrogen) atoms. The van der Waals surface area contributed by atoms with Gasteiger partial charge >= 0.3 is 6.03 Å². The predicted octanol–water partition coefficient (Wildman–Crippen LogP) is 5.44. The summed E-state index contributed by atoms with van der Waals surface area (Å²) in [6.45, 7) is 5.72. The van der Waals surface area contributed by atoms with Crippen molar-refractivity contribution in [1.29, 1.82) is 0 Å². The van der Waals surface area contributed by atoms with Gasteiger partial charge < -0.3 is 4.90 Å². The summed E-state index contributed by atoms with van der Waals surface area (Å²) in [5.41, 5.74) is 3.64. The van der Waals surface area contributed by atoms with E-state index < -0.39 is 5.54 Å². The minimum absolute atomic E-state index is 0.207. The fourth-order valence-corrected chi connectivity index (χ4v) is 5.90. The molecule has 0 N–H and O–H groups in total. The van der Waals surface area contributed by atoms with Gasteiger partial charge in [0.25, 0.3) is 5.91 Å². The number of carbonyl (C=O) groups excluding carboxylic acids is 2. The van der Waals surface area contributed by atoms with E-state index in [1.807, 2.05) is 38.4 Å². The molecule has 3 amide bonds. The fourth-order valence-electron chi connectivity index (χ4n) is 5.38. The lowest BCUT2D eigenvalue weighted by Gasteiger charge is -2.34. The van der Waals surface area contributed by atoms with Crippen LogP contribution in [0.2, 0.25) is 10.0 Å². The molecular weight excluding hydrogens is 483 g/mol. The Morgan fingerprint density at radius 1 is 0.971 bits per heavy atom. The van der Waals surface area contributed by atoms with Crippen LogP contribution in [0.15, 0.2) is 60.9 Å². The zero-order valence-corrected chi connectivity index (χ0v) is 21.3. The molecular formula is C27H26Cl2N4O2. The highest BCUT2D eigenvalue weighted by molar-refractivity contribution is 6.35. The molecule has 2 saturated heterocycles. The first-order valence-electron chi connectivity index (χ1n) is 11.5. The molecule has 180 valence electrons. The van der Waals surface area contributed by atoms with Gasteiger partial charge in [0.1, 0.15) is 5.54 Å². The molecule has 3 aromatic rings. The summed E-state index contributed by atoms with van der Waals surface area (Å²) in [6, 6.07) is 14.7. The molecule has 2 aliphatic heterocycles. The van der Waals surface area contributed by atoms with Crippen LogP contribution in [-0.2, 0) is 11.3 Å². The van der Waals surface area contributed by atoms with Gasteiger partial charge in [-0.05, 0) is 48.7 Å². The summed E-state index contributed by atoms with van der Waals surface area (Å²) in [5, 5.41) is 0.735. The fraction of sp³-hybridized carbons (Fsp3) is 0.296. The van der Waals surface area contributed by atoms with Crippen LogP contribution in [0, 0.1) is 13.8 Å². The third-order valence-corrected chi connectivity index (χ3v) is 7.49. The SMILES string of the molecule is Cc1ccc([C@@H]2CN(Cc3cncc(C)c3)C[C@]23C(=O)N(c2cc(Cl)cc(Cl)c2)C(=O)N3C)cc1. The van der Waals surface area contributed by atoms with Crippen LogP contribution in [0.5, 0.6) is 0 Å². The Labute approximate surface area is 215 Å². The van der Waals surface area contributed by atoms with Gasteiger partial charge in [0.15, 0.2) is 0 Å². The number of rotatable bonds is 4. The smallest absolute Gasteiger partial charge is 0.310 e. The van der Waals surface area contributed by atoms with E-state index in [4.69, 9.17) is 23.2 Å². The minimum Gasteiger partial charge on any atom is -0.310 e. The molecule has 2 fully saturated rings. The van der Waals surface area contributed by atoms with Crippen molar-refractivity contribution in [1.82, 2.24) is 14.8 Å². The number of nitrogens with zero attached hydrogens (tertiary/aromatic N) is 4. The number of aryl methyl sites for hydroxylation is 2. The van der Waals surface area contributed by atoms with E-state index in [1.165, 1.54) is 4.90 Å². The normalized spacial score (nSPS) is 22.6. The Morgan fingerprint density at radius 3 is 2.31 bits per heavy atom. The van der Waals surface area contributed by atoms with Crippen molar-refractivity contribution in [3.05, 3.63) is 93.2 Å². The molecule has 3 heterocycles. The molecule has 0 saturated carbocycles. The summed E-state index contributed by atoms with van der Waals surface area (Å²) in [5.74, 6) is -0.472. The Kier molecular flexibility index (Phi) is 6.08. The van der Waals surface area contributed by atoms with Crippen LogP contribution in [-0.4, -0.2) is 52.4 Å². The predicted molar refractivity (Wildman–Crippen MR) is 138 cm³/mol. The van der Waals surface area contributed by atoms with Crippen LogP contribution >= 0.6 is 23.2 Å². The zero-order valence-electron chi connectivity index (χ0n) is 19.8. The van der Waals surface area contributed by atoms with Gasteiger partial charge in [-0.2, -0.15) is 0 Å². The van der Waals surface area contributed by atoms with Crippen molar-refractivity contribution in [3.63, 3.8) is 0 Å². The minimum atomic E-state index is -1.06. The number of imide groups is 1. The molecule has 2 atom stereocenters. The summed E-state index contributed by atoms with van der Waals surface area (Å²) in [6.07, 6.45) is 3.68. The second-order valence-corrected chi connectivity index (χ2v) is 10.4. The van der Waals surface area contributed by atoms with Crippen molar-refractivity contribution >= 4 is 40.8 Å². The quantitative estimate of drug-likeness (QED) is 0.440. The molecule has 0 radical (unpaired) electrons. The van der Waals surface area contributed by atoms with Crippen LogP contribution in [0.4, 0.5) is 10.5 Å². The van der Waals surface area contributed by atoms with Gasteiger partial charge in [-0.3, -0.25) is 14.7 Å². The molecule has 8 heteroatoms. The third-order valence-electron chi connectivity index (χ3n) is 7.06. The summed E-state index contributed by atoms with van der Waals surface area (Å²) in [4.78, 5) is 37.1. The average molecular weight is 509 g/mol.